The molecule has 1 atom stereocenters. The van der Waals surface area contributed by atoms with Gasteiger partial charge in [0, 0.05) is 35.2 Å². The standard InChI is InChI=1S/C29H20F4N6OS/c1-40-23-14-34-22(25(30)31)11-20(23)19-10-16(21-8-9-39(38-21)24-12-29(24,32)33)5-7-18(19)27-37-26-28(41-27)35-13-17(36-26)6-4-15-2-3-15/h5,7-11,13-15,24-25H,2-3,12H2,1H3. The molecule has 5 aromatic rings. The predicted molar refractivity (Wildman–Crippen MR) is 145 cm³/mol. The van der Waals surface area contributed by atoms with Gasteiger partial charge in [0.15, 0.2) is 10.5 Å². The summed E-state index contributed by atoms with van der Waals surface area (Å²) < 4.78 is 61.4. The number of alkyl halides is 4. The monoisotopic (exact) mass is 576 g/mol. The Labute approximate surface area is 235 Å². The van der Waals surface area contributed by atoms with Crippen LogP contribution in [0.25, 0.3) is 43.4 Å². The fourth-order valence-corrected chi connectivity index (χ4v) is 5.41. The first-order valence-corrected chi connectivity index (χ1v) is 13.7. The van der Waals surface area contributed by atoms with E-state index in [0.717, 1.165) is 12.8 Å². The molecule has 0 spiro atoms. The van der Waals surface area contributed by atoms with E-state index in [0.29, 0.717) is 55.0 Å². The molecule has 0 saturated heterocycles. The van der Waals surface area contributed by atoms with Gasteiger partial charge in [-0.1, -0.05) is 29.4 Å². The minimum atomic E-state index is -2.80. The fourth-order valence-electron chi connectivity index (χ4n) is 4.52. The SMILES string of the molecule is COc1cnc(C(F)F)cc1-c1cc(-c2ccn(C3CC3(F)F)n2)ccc1-c1nc2nc(C#CC3CC3)cnc2s1. The molecule has 0 N–H and O–H groups in total. The Morgan fingerprint density at radius 2 is 1.88 bits per heavy atom. The zero-order valence-corrected chi connectivity index (χ0v) is 22.3. The number of rotatable bonds is 6. The van der Waals surface area contributed by atoms with Gasteiger partial charge in [-0.2, -0.15) is 5.10 Å². The van der Waals surface area contributed by atoms with Gasteiger partial charge in [0.25, 0.3) is 12.3 Å². The van der Waals surface area contributed by atoms with Crippen LogP contribution >= 0.6 is 11.3 Å². The van der Waals surface area contributed by atoms with E-state index in [1.54, 1.807) is 30.5 Å². The van der Waals surface area contributed by atoms with E-state index in [1.165, 1.54) is 41.6 Å². The molecule has 2 saturated carbocycles. The maximum Gasteiger partial charge on any atom is 0.280 e. The van der Waals surface area contributed by atoms with E-state index in [2.05, 4.69) is 31.9 Å². The summed E-state index contributed by atoms with van der Waals surface area (Å²) in [6.07, 6.45) is 3.53. The summed E-state index contributed by atoms with van der Waals surface area (Å²) in [4.78, 5) is 18.2. The molecule has 1 aromatic carbocycles. The van der Waals surface area contributed by atoms with Crippen molar-refractivity contribution in [1.82, 2.24) is 29.7 Å². The molecule has 7 nitrogen and oxygen atoms in total. The van der Waals surface area contributed by atoms with Gasteiger partial charge < -0.3 is 4.74 Å². The number of benzene rings is 1. The Balaban J connectivity index is 1.36. The van der Waals surface area contributed by atoms with Crippen LogP contribution in [-0.4, -0.2) is 42.7 Å². The second-order valence-electron chi connectivity index (χ2n) is 9.98. The van der Waals surface area contributed by atoms with Crippen molar-refractivity contribution in [2.24, 2.45) is 5.92 Å². The van der Waals surface area contributed by atoms with Crippen LogP contribution in [0, 0.1) is 17.8 Å². The molecule has 206 valence electrons. The number of aromatic nitrogens is 6. The van der Waals surface area contributed by atoms with Crippen LogP contribution in [-0.2, 0) is 0 Å². The van der Waals surface area contributed by atoms with Crippen LogP contribution < -0.4 is 4.74 Å². The highest BCUT2D eigenvalue weighted by Gasteiger charge is 2.59. The normalized spacial score (nSPS) is 17.5. The molecule has 2 aliphatic carbocycles. The minimum Gasteiger partial charge on any atom is -0.494 e. The van der Waals surface area contributed by atoms with Crippen molar-refractivity contribution in [3.8, 4) is 50.5 Å². The number of hydrogen-bond donors (Lipinski definition) is 0. The summed E-state index contributed by atoms with van der Waals surface area (Å²) in [5, 5.41) is 4.93. The second-order valence-corrected chi connectivity index (χ2v) is 11.0. The number of ether oxygens (including phenoxy) is 1. The third kappa shape index (κ3) is 4.91. The number of pyridine rings is 1. The molecule has 4 heterocycles. The Morgan fingerprint density at radius 1 is 1.05 bits per heavy atom. The molecule has 7 rings (SSSR count). The summed E-state index contributed by atoms with van der Waals surface area (Å²) in [6.45, 7) is 0. The molecule has 2 fully saturated rings. The maximum atomic E-state index is 13.7. The molecular formula is C29H20F4N6OS. The molecule has 0 aliphatic heterocycles. The number of methoxy groups -OCH3 is 1. The summed E-state index contributed by atoms with van der Waals surface area (Å²) >= 11 is 1.31. The number of thiazole rings is 1. The fraction of sp³-hybridized carbons (Fsp3) is 0.276. The van der Waals surface area contributed by atoms with E-state index in [-0.39, 0.29) is 12.2 Å². The van der Waals surface area contributed by atoms with Gasteiger partial charge >= 0.3 is 0 Å². The van der Waals surface area contributed by atoms with Gasteiger partial charge in [0.1, 0.15) is 28.2 Å². The molecule has 41 heavy (non-hydrogen) atoms. The van der Waals surface area contributed by atoms with Crippen LogP contribution in [0.5, 0.6) is 5.75 Å². The topological polar surface area (TPSA) is 78.6 Å². The molecule has 0 radical (unpaired) electrons. The maximum absolute atomic E-state index is 13.7. The van der Waals surface area contributed by atoms with Gasteiger partial charge in [-0.25, -0.2) is 32.5 Å². The van der Waals surface area contributed by atoms with E-state index >= 15 is 0 Å². The van der Waals surface area contributed by atoms with Crippen LogP contribution in [0.3, 0.4) is 0 Å². The van der Waals surface area contributed by atoms with Gasteiger partial charge in [0.05, 0.1) is 25.2 Å². The van der Waals surface area contributed by atoms with Crippen molar-refractivity contribution in [1.29, 1.82) is 0 Å². The molecule has 2 aliphatic rings. The average Bonchev–Trinajstić information content (AvgIpc) is 3.78. The van der Waals surface area contributed by atoms with Crippen LogP contribution in [0.2, 0.25) is 0 Å². The highest BCUT2D eigenvalue weighted by Crippen LogP contribution is 2.52. The van der Waals surface area contributed by atoms with Gasteiger partial charge in [0.2, 0.25) is 0 Å². The van der Waals surface area contributed by atoms with Gasteiger partial charge in [-0.3, -0.25) is 9.67 Å². The lowest BCUT2D eigenvalue weighted by molar-refractivity contribution is 0.0984. The Hall–Kier alpha value is -4.37. The number of hydrogen-bond acceptors (Lipinski definition) is 7. The molecular weight excluding hydrogens is 556 g/mol. The summed E-state index contributed by atoms with van der Waals surface area (Å²) in [6, 6.07) is 7.31. The quantitative estimate of drug-likeness (QED) is 0.161. The molecule has 0 amide bonds. The highest BCUT2D eigenvalue weighted by atomic mass is 32.1. The zero-order valence-electron chi connectivity index (χ0n) is 21.5. The minimum absolute atomic E-state index is 0.253. The first-order chi connectivity index (χ1) is 19.8. The average molecular weight is 577 g/mol. The molecule has 12 heteroatoms. The van der Waals surface area contributed by atoms with Crippen molar-refractivity contribution in [3.63, 3.8) is 0 Å². The highest BCUT2D eigenvalue weighted by molar-refractivity contribution is 7.21. The van der Waals surface area contributed by atoms with Crippen LogP contribution in [0.15, 0.2) is 48.9 Å². The van der Waals surface area contributed by atoms with Gasteiger partial charge in [-0.05, 0) is 42.5 Å². The number of nitrogens with zero attached hydrogens (tertiary/aromatic N) is 6. The Kier molecular flexibility index (Phi) is 6.01. The lowest BCUT2D eigenvalue weighted by Gasteiger charge is -2.14. The van der Waals surface area contributed by atoms with Crippen molar-refractivity contribution < 1.29 is 22.3 Å². The smallest absolute Gasteiger partial charge is 0.280 e. The molecule has 4 aromatic heterocycles. The summed E-state index contributed by atoms with van der Waals surface area (Å²) in [5.41, 5.74) is 3.16. The van der Waals surface area contributed by atoms with Crippen molar-refractivity contribution in [2.75, 3.05) is 7.11 Å². The summed E-state index contributed by atoms with van der Waals surface area (Å²) in [5.74, 6) is 4.15. The molecule has 0 bridgehead atoms. The number of halogens is 4. The third-order valence-electron chi connectivity index (χ3n) is 6.99. The molecule has 1 unspecified atom stereocenters. The first kappa shape index (κ1) is 25.6. The third-order valence-corrected chi connectivity index (χ3v) is 7.98. The first-order valence-electron chi connectivity index (χ1n) is 12.8. The largest absolute Gasteiger partial charge is 0.494 e. The summed E-state index contributed by atoms with van der Waals surface area (Å²) in [7, 11) is 1.43. The van der Waals surface area contributed by atoms with Gasteiger partial charge in [-0.15, -0.1) is 0 Å². The Morgan fingerprint density at radius 3 is 2.61 bits per heavy atom. The van der Waals surface area contributed by atoms with Crippen LogP contribution in [0.4, 0.5) is 17.6 Å². The Bertz CT molecular complexity index is 1870. The van der Waals surface area contributed by atoms with Crippen molar-refractivity contribution >= 4 is 21.8 Å². The number of fused-ring (bicyclic) bond motifs is 1. The van der Waals surface area contributed by atoms with E-state index < -0.39 is 24.1 Å². The van der Waals surface area contributed by atoms with E-state index in [1.807, 2.05) is 0 Å². The predicted octanol–water partition coefficient (Wildman–Crippen LogP) is 6.97. The van der Waals surface area contributed by atoms with Crippen molar-refractivity contribution in [2.45, 2.75) is 37.7 Å². The van der Waals surface area contributed by atoms with E-state index in [9.17, 15) is 17.6 Å². The van der Waals surface area contributed by atoms with E-state index in [4.69, 9.17) is 9.72 Å². The lowest BCUT2D eigenvalue weighted by atomic mass is 9.96. The second kappa shape index (κ2) is 9.62. The lowest BCUT2D eigenvalue weighted by Crippen LogP contribution is -2.02. The van der Waals surface area contributed by atoms with Crippen molar-refractivity contribution in [3.05, 3.63) is 60.3 Å². The van der Waals surface area contributed by atoms with Crippen LogP contribution in [0.1, 0.15) is 43.1 Å². The zero-order chi connectivity index (χ0) is 28.3.